The van der Waals surface area contributed by atoms with Crippen LogP contribution in [0.15, 0.2) is 11.3 Å². The number of ether oxygens (including phenoxy) is 2. The molecule has 0 saturated heterocycles. The molecule has 1 rings (SSSR count). The molecule has 68 valence electrons. The van der Waals surface area contributed by atoms with Crippen LogP contribution in [0.3, 0.4) is 0 Å². The van der Waals surface area contributed by atoms with Gasteiger partial charge in [0.15, 0.2) is 0 Å². The molecular formula is C9H14O3. The summed E-state index contributed by atoms with van der Waals surface area (Å²) in [5.41, 5.74) is 0.921. The van der Waals surface area contributed by atoms with Crippen molar-refractivity contribution >= 4 is 5.97 Å². The van der Waals surface area contributed by atoms with Crippen LogP contribution in [0.2, 0.25) is 0 Å². The van der Waals surface area contributed by atoms with Crippen molar-refractivity contribution in [3.63, 3.8) is 0 Å². The first-order valence-corrected chi connectivity index (χ1v) is 4.16. The molecule has 0 bridgehead atoms. The number of cyclic esters (lactones) is 1. The first-order valence-electron chi connectivity index (χ1n) is 4.16. The molecule has 0 spiro atoms. The highest BCUT2D eigenvalue weighted by Gasteiger charge is 2.31. The van der Waals surface area contributed by atoms with Crippen molar-refractivity contribution in [2.24, 2.45) is 0 Å². The summed E-state index contributed by atoms with van der Waals surface area (Å²) >= 11 is 0. The maximum Gasteiger partial charge on any atom is 0.374 e. The lowest BCUT2D eigenvalue weighted by Gasteiger charge is -2.07. The van der Waals surface area contributed by atoms with Crippen molar-refractivity contribution in [2.75, 3.05) is 7.11 Å². The predicted molar refractivity (Wildman–Crippen MR) is 44.5 cm³/mol. The quantitative estimate of drug-likeness (QED) is 0.604. The van der Waals surface area contributed by atoms with Gasteiger partial charge in [0.2, 0.25) is 5.76 Å². The van der Waals surface area contributed by atoms with Crippen molar-refractivity contribution < 1.29 is 14.3 Å². The Morgan fingerprint density at radius 2 is 2.25 bits per heavy atom. The van der Waals surface area contributed by atoms with Crippen molar-refractivity contribution in [1.82, 2.24) is 0 Å². The average molecular weight is 170 g/mol. The minimum Gasteiger partial charge on any atom is -0.490 e. The fraction of sp³-hybridized carbons (Fsp3) is 0.667. The van der Waals surface area contributed by atoms with Crippen LogP contribution in [0.5, 0.6) is 0 Å². The molecule has 0 radical (unpaired) electrons. The van der Waals surface area contributed by atoms with Gasteiger partial charge in [0.25, 0.3) is 0 Å². The third kappa shape index (κ3) is 1.44. The van der Waals surface area contributed by atoms with Crippen molar-refractivity contribution in [1.29, 1.82) is 0 Å². The van der Waals surface area contributed by atoms with Crippen molar-refractivity contribution in [2.45, 2.75) is 32.8 Å². The van der Waals surface area contributed by atoms with E-state index in [0.29, 0.717) is 5.76 Å². The third-order valence-corrected chi connectivity index (χ3v) is 2.03. The Balaban J connectivity index is 2.74. The van der Waals surface area contributed by atoms with Crippen LogP contribution in [0, 0.1) is 0 Å². The molecule has 1 atom stereocenters. The minimum absolute atomic E-state index is 0.0579. The van der Waals surface area contributed by atoms with Gasteiger partial charge in [0.05, 0.1) is 7.11 Å². The van der Waals surface area contributed by atoms with Gasteiger partial charge >= 0.3 is 5.97 Å². The fourth-order valence-corrected chi connectivity index (χ4v) is 1.36. The molecule has 0 aromatic rings. The Bertz CT molecular complexity index is 218. The van der Waals surface area contributed by atoms with E-state index in [1.807, 2.05) is 6.92 Å². The number of hydrogen-bond donors (Lipinski definition) is 0. The van der Waals surface area contributed by atoms with Crippen LogP contribution in [0.4, 0.5) is 0 Å². The van der Waals surface area contributed by atoms with Gasteiger partial charge in [0.1, 0.15) is 6.10 Å². The molecule has 1 heterocycles. The molecule has 1 aliphatic heterocycles. The zero-order chi connectivity index (χ0) is 9.14. The summed E-state index contributed by atoms with van der Waals surface area (Å²) in [6.07, 6.45) is 1.83. The van der Waals surface area contributed by atoms with Crippen LogP contribution < -0.4 is 0 Å². The highest BCUT2D eigenvalue weighted by atomic mass is 16.6. The standard InChI is InChI=1S/C9H14O3/c1-4-5-7-6(2)8(11-3)9(10)12-7/h7H,4-5H2,1-3H3/t7-/m1/s1. The highest BCUT2D eigenvalue weighted by Crippen LogP contribution is 2.25. The van der Waals surface area contributed by atoms with E-state index in [-0.39, 0.29) is 12.1 Å². The van der Waals surface area contributed by atoms with E-state index in [1.54, 1.807) is 0 Å². The fourth-order valence-electron chi connectivity index (χ4n) is 1.36. The van der Waals surface area contributed by atoms with Gasteiger partial charge in [-0.3, -0.25) is 0 Å². The number of rotatable bonds is 3. The maximum absolute atomic E-state index is 11.1. The summed E-state index contributed by atoms with van der Waals surface area (Å²) in [5, 5.41) is 0. The third-order valence-electron chi connectivity index (χ3n) is 2.03. The van der Waals surface area contributed by atoms with Gasteiger partial charge in [-0.15, -0.1) is 0 Å². The zero-order valence-electron chi connectivity index (χ0n) is 7.72. The van der Waals surface area contributed by atoms with Gasteiger partial charge < -0.3 is 9.47 Å². The Hall–Kier alpha value is -0.990. The maximum atomic E-state index is 11.1. The molecule has 0 N–H and O–H groups in total. The molecule has 0 aromatic heterocycles. The van der Waals surface area contributed by atoms with E-state index in [2.05, 4.69) is 6.92 Å². The van der Waals surface area contributed by atoms with E-state index in [9.17, 15) is 4.79 Å². The van der Waals surface area contributed by atoms with Crippen LogP contribution in [0.1, 0.15) is 26.7 Å². The second kappa shape index (κ2) is 3.61. The largest absolute Gasteiger partial charge is 0.490 e. The number of esters is 1. The summed E-state index contributed by atoms with van der Waals surface area (Å²) in [5.74, 6) is 0.0573. The van der Waals surface area contributed by atoms with E-state index >= 15 is 0 Å². The van der Waals surface area contributed by atoms with E-state index < -0.39 is 0 Å². The predicted octanol–water partition coefficient (Wildman–Crippen LogP) is 1.63. The lowest BCUT2D eigenvalue weighted by molar-refractivity contribution is -0.142. The summed E-state index contributed by atoms with van der Waals surface area (Å²) in [7, 11) is 1.49. The second-order valence-corrected chi connectivity index (χ2v) is 2.90. The van der Waals surface area contributed by atoms with Crippen LogP contribution in [-0.4, -0.2) is 19.2 Å². The zero-order valence-corrected chi connectivity index (χ0v) is 7.72. The molecule has 3 heteroatoms. The Morgan fingerprint density at radius 3 is 2.67 bits per heavy atom. The molecule has 0 amide bonds. The first-order chi connectivity index (χ1) is 5.70. The van der Waals surface area contributed by atoms with E-state index in [1.165, 1.54) is 7.11 Å². The van der Waals surface area contributed by atoms with Crippen LogP contribution in [-0.2, 0) is 14.3 Å². The van der Waals surface area contributed by atoms with Crippen LogP contribution in [0.25, 0.3) is 0 Å². The number of hydrogen-bond acceptors (Lipinski definition) is 3. The Kier molecular flexibility index (Phi) is 2.74. The van der Waals surface area contributed by atoms with Crippen molar-refractivity contribution in [3.05, 3.63) is 11.3 Å². The summed E-state index contributed by atoms with van der Waals surface area (Å²) in [4.78, 5) is 11.1. The molecule has 0 saturated carbocycles. The number of methoxy groups -OCH3 is 1. The number of carbonyl (C=O) groups excluding carboxylic acids is 1. The summed E-state index contributed by atoms with van der Waals surface area (Å²) < 4.78 is 10.00. The smallest absolute Gasteiger partial charge is 0.374 e. The monoisotopic (exact) mass is 170 g/mol. The molecular weight excluding hydrogens is 156 g/mol. The number of carbonyl (C=O) groups is 1. The van der Waals surface area contributed by atoms with Crippen LogP contribution >= 0.6 is 0 Å². The van der Waals surface area contributed by atoms with E-state index in [0.717, 1.165) is 18.4 Å². The van der Waals surface area contributed by atoms with Gasteiger partial charge in [-0.1, -0.05) is 13.3 Å². The SMILES string of the molecule is CCC[C@H]1OC(=O)C(OC)=C1C. The minimum atomic E-state index is -0.326. The topological polar surface area (TPSA) is 35.5 Å². The normalized spacial score (nSPS) is 22.9. The molecule has 0 aliphatic carbocycles. The molecule has 1 aliphatic rings. The second-order valence-electron chi connectivity index (χ2n) is 2.90. The van der Waals surface area contributed by atoms with E-state index in [4.69, 9.17) is 9.47 Å². The summed E-state index contributed by atoms with van der Waals surface area (Å²) in [6, 6.07) is 0. The molecule has 0 fully saturated rings. The van der Waals surface area contributed by atoms with Gasteiger partial charge in [0, 0.05) is 5.57 Å². The molecule has 0 unspecified atom stereocenters. The lowest BCUT2D eigenvalue weighted by atomic mass is 10.1. The molecule has 0 aromatic carbocycles. The Morgan fingerprint density at radius 1 is 1.58 bits per heavy atom. The summed E-state index contributed by atoms with van der Waals surface area (Å²) in [6.45, 7) is 3.94. The Labute approximate surface area is 72.4 Å². The van der Waals surface area contributed by atoms with Gasteiger partial charge in [-0.05, 0) is 13.3 Å². The highest BCUT2D eigenvalue weighted by molar-refractivity contribution is 5.89. The molecule has 12 heavy (non-hydrogen) atoms. The first kappa shape index (κ1) is 9.10. The van der Waals surface area contributed by atoms with Gasteiger partial charge in [-0.25, -0.2) is 4.79 Å². The van der Waals surface area contributed by atoms with Gasteiger partial charge in [-0.2, -0.15) is 0 Å². The lowest BCUT2D eigenvalue weighted by Crippen LogP contribution is -2.09. The average Bonchev–Trinajstić information content (AvgIpc) is 2.29. The van der Waals surface area contributed by atoms with Crippen molar-refractivity contribution in [3.8, 4) is 0 Å². The molecule has 3 nitrogen and oxygen atoms in total.